The van der Waals surface area contributed by atoms with Gasteiger partial charge in [-0.05, 0) is 43.2 Å². The van der Waals surface area contributed by atoms with E-state index in [2.05, 4.69) is 11.4 Å². The zero-order valence-electron chi connectivity index (χ0n) is 13.1. The standard InChI is InChI=1S/C18H22N2O2S/c21-12-4-3-11-20(14-9-10-14)18(22)19-16-7-2-1-6-15(16)17-8-5-13-23-17/h1-2,5-8,13-14,21H,3-4,9-12H2,(H,19,22). The molecule has 23 heavy (non-hydrogen) atoms. The molecule has 0 bridgehead atoms. The number of para-hydroxylation sites is 1. The van der Waals surface area contributed by atoms with E-state index in [1.807, 2.05) is 40.6 Å². The molecule has 0 saturated heterocycles. The van der Waals surface area contributed by atoms with Gasteiger partial charge in [0.1, 0.15) is 0 Å². The number of carbonyl (C=O) groups is 1. The molecule has 1 fully saturated rings. The van der Waals surface area contributed by atoms with Crippen LogP contribution in [-0.4, -0.2) is 35.2 Å². The minimum absolute atomic E-state index is 0.0329. The molecule has 2 aromatic rings. The van der Waals surface area contributed by atoms with Crippen molar-refractivity contribution < 1.29 is 9.90 Å². The number of hydrogen-bond acceptors (Lipinski definition) is 3. The van der Waals surface area contributed by atoms with E-state index in [1.165, 1.54) is 0 Å². The van der Waals surface area contributed by atoms with E-state index in [0.717, 1.165) is 41.8 Å². The second-order valence-corrected chi connectivity index (χ2v) is 6.76. The Bertz CT molecular complexity index is 638. The highest BCUT2D eigenvalue weighted by Gasteiger charge is 2.32. The summed E-state index contributed by atoms with van der Waals surface area (Å²) < 4.78 is 0. The molecule has 1 aromatic heterocycles. The number of aliphatic hydroxyl groups is 1. The molecular formula is C18H22N2O2S. The van der Waals surface area contributed by atoms with E-state index in [4.69, 9.17) is 5.11 Å². The van der Waals surface area contributed by atoms with Gasteiger partial charge in [-0.2, -0.15) is 0 Å². The van der Waals surface area contributed by atoms with E-state index in [1.54, 1.807) is 11.3 Å². The second-order valence-electron chi connectivity index (χ2n) is 5.81. The van der Waals surface area contributed by atoms with Crippen molar-refractivity contribution in [1.29, 1.82) is 0 Å². The minimum Gasteiger partial charge on any atom is -0.396 e. The maximum atomic E-state index is 12.7. The molecule has 3 rings (SSSR count). The molecule has 2 amide bonds. The van der Waals surface area contributed by atoms with Gasteiger partial charge in [-0.3, -0.25) is 0 Å². The number of anilines is 1. The van der Waals surface area contributed by atoms with E-state index in [0.29, 0.717) is 12.6 Å². The highest BCUT2D eigenvalue weighted by molar-refractivity contribution is 7.13. The van der Waals surface area contributed by atoms with E-state index in [-0.39, 0.29) is 12.6 Å². The number of nitrogens with one attached hydrogen (secondary N) is 1. The molecule has 0 radical (unpaired) electrons. The number of urea groups is 1. The van der Waals surface area contributed by atoms with Crippen molar-refractivity contribution >= 4 is 23.1 Å². The molecular weight excluding hydrogens is 308 g/mol. The third-order valence-electron chi connectivity index (χ3n) is 4.01. The predicted molar refractivity (Wildman–Crippen MR) is 94.8 cm³/mol. The molecule has 5 heteroatoms. The number of unbranched alkanes of at least 4 members (excludes halogenated alkanes) is 1. The Morgan fingerprint density at radius 1 is 1.22 bits per heavy atom. The van der Waals surface area contributed by atoms with E-state index >= 15 is 0 Å². The van der Waals surface area contributed by atoms with Gasteiger partial charge in [-0.15, -0.1) is 11.3 Å². The zero-order chi connectivity index (χ0) is 16.1. The molecule has 0 atom stereocenters. The number of aliphatic hydroxyl groups excluding tert-OH is 1. The Balaban J connectivity index is 1.72. The average molecular weight is 330 g/mol. The molecule has 4 nitrogen and oxygen atoms in total. The summed E-state index contributed by atoms with van der Waals surface area (Å²) in [6, 6.07) is 12.3. The lowest BCUT2D eigenvalue weighted by atomic mass is 10.1. The van der Waals surface area contributed by atoms with Gasteiger partial charge >= 0.3 is 6.03 Å². The third kappa shape index (κ3) is 4.12. The number of benzene rings is 1. The number of nitrogens with zero attached hydrogens (tertiary/aromatic N) is 1. The highest BCUT2D eigenvalue weighted by Crippen LogP contribution is 2.32. The van der Waals surface area contributed by atoms with Crippen LogP contribution in [-0.2, 0) is 0 Å². The fourth-order valence-electron chi connectivity index (χ4n) is 2.66. The molecule has 1 aliphatic carbocycles. The smallest absolute Gasteiger partial charge is 0.322 e. The van der Waals surface area contributed by atoms with Crippen LogP contribution in [0.3, 0.4) is 0 Å². The number of rotatable bonds is 7. The van der Waals surface area contributed by atoms with Crippen LogP contribution in [0.15, 0.2) is 41.8 Å². The lowest BCUT2D eigenvalue weighted by Crippen LogP contribution is -2.37. The molecule has 0 unspecified atom stereocenters. The fourth-order valence-corrected chi connectivity index (χ4v) is 3.42. The summed E-state index contributed by atoms with van der Waals surface area (Å²) in [5.74, 6) is 0. The quantitative estimate of drug-likeness (QED) is 0.748. The maximum absolute atomic E-state index is 12.7. The van der Waals surface area contributed by atoms with Crippen molar-refractivity contribution in [3.05, 3.63) is 41.8 Å². The summed E-state index contributed by atoms with van der Waals surface area (Å²) in [7, 11) is 0. The Hall–Kier alpha value is -1.85. The Morgan fingerprint density at radius 2 is 2.04 bits per heavy atom. The third-order valence-corrected chi connectivity index (χ3v) is 4.91. The molecule has 2 N–H and O–H groups in total. The van der Waals surface area contributed by atoms with Gasteiger partial charge in [0.05, 0.1) is 5.69 Å². The maximum Gasteiger partial charge on any atom is 0.322 e. The minimum atomic E-state index is -0.0329. The Kier molecular flexibility index (Phi) is 5.31. The summed E-state index contributed by atoms with van der Waals surface area (Å²) in [5, 5.41) is 14.1. The SMILES string of the molecule is O=C(Nc1ccccc1-c1cccs1)N(CCCCO)C1CC1. The van der Waals surface area contributed by atoms with Crippen LogP contribution in [0.2, 0.25) is 0 Å². The van der Waals surface area contributed by atoms with Crippen LogP contribution in [0, 0.1) is 0 Å². The van der Waals surface area contributed by atoms with Gasteiger partial charge in [-0.1, -0.05) is 24.3 Å². The summed E-state index contributed by atoms with van der Waals surface area (Å²) >= 11 is 1.67. The fraction of sp³-hybridized carbons (Fsp3) is 0.389. The van der Waals surface area contributed by atoms with Crippen molar-refractivity contribution in [2.24, 2.45) is 0 Å². The van der Waals surface area contributed by atoms with Gasteiger partial charge in [0.25, 0.3) is 0 Å². The van der Waals surface area contributed by atoms with Crippen molar-refractivity contribution in [3.63, 3.8) is 0 Å². The van der Waals surface area contributed by atoms with E-state index in [9.17, 15) is 4.79 Å². The first-order valence-electron chi connectivity index (χ1n) is 8.11. The number of carbonyl (C=O) groups excluding carboxylic acids is 1. The van der Waals surface area contributed by atoms with Gasteiger partial charge in [0.15, 0.2) is 0 Å². The van der Waals surface area contributed by atoms with Gasteiger partial charge in [0.2, 0.25) is 0 Å². The van der Waals surface area contributed by atoms with Crippen molar-refractivity contribution in [2.75, 3.05) is 18.5 Å². The summed E-state index contributed by atoms with van der Waals surface area (Å²) in [6.07, 6.45) is 3.74. The largest absolute Gasteiger partial charge is 0.396 e. The van der Waals surface area contributed by atoms with Gasteiger partial charge < -0.3 is 15.3 Å². The molecule has 1 aromatic carbocycles. The van der Waals surface area contributed by atoms with Crippen molar-refractivity contribution in [1.82, 2.24) is 4.90 Å². The Labute approximate surface area is 140 Å². The molecule has 0 aliphatic heterocycles. The van der Waals surface area contributed by atoms with Gasteiger partial charge in [-0.25, -0.2) is 4.79 Å². The molecule has 0 spiro atoms. The van der Waals surface area contributed by atoms with Crippen molar-refractivity contribution in [3.8, 4) is 10.4 Å². The molecule has 122 valence electrons. The van der Waals surface area contributed by atoms with Crippen LogP contribution in [0.25, 0.3) is 10.4 Å². The summed E-state index contributed by atoms with van der Waals surface area (Å²) in [4.78, 5) is 15.7. The topological polar surface area (TPSA) is 52.6 Å². The van der Waals surface area contributed by atoms with Crippen LogP contribution in [0.5, 0.6) is 0 Å². The number of hydrogen-bond donors (Lipinski definition) is 2. The zero-order valence-corrected chi connectivity index (χ0v) is 13.9. The second kappa shape index (κ2) is 7.62. The van der Waals surface area contributed by atoms with E-state index < -0.39 is 0 Å². The Morgan fingerprint density at radius 3 is 2.74 bits per heavy atom. The normalized spacial score (nSPS) is 13.8. The summed E-state index contributed by atoms with van der Waals surface area (Å²) in [6.45, 7) is 0.888. The first kappa shape index (κ1) is 16.0. The average Bonchev–Trinajstić information content (AvgIpc) is 3.25. The summed E-state index contributed by atoms with van der Waals surface area (Å²) in [5.41, 5.74) is 1.91. The monoisotopic (exact) mass is 330 g/mol. The van der Waals surface area contributed by atoms with Gasteiger partial charge in [0, 0.05) is 29.6 Å². The molecule has 1 heterocycles. The first-order valence-corrected chi connectivity index (χ1v) is 8.99. The molecule has 1 aliphatic rings. The van der Waals surface area contributed by atoms with Crippen LogP contribution in [0.1, 0.15) is 25.7 Å². The predicted octanol–water partition coefficient (Wildman–Crippen LogP) is 4.18. The first-order chi connectivity index (χ1) is 11.3. The van der Waals surface area contributed by atoms with Crippen LogP contribution < -0.4 is 5.32 Å². The van der Waals surface area contributed by atoms with Crippen LogP contribution in [0.4, 0.5) is 10.5 Å². The highest BCUT2D eigenvalue weighted by atomic mass is 32.1. The lowest BCUT2D eigenvalue weighted by Gasteiger charge is -2.23. The lowest BCUT2D eigenvalue weighted by molar-refractivity contribution is 0.204. The van der Waals surface area contributed by atoms with Crippen molar-refractivity contribution in [2.45, 2.75) is 31.7 Å². The number of amides is 2. The number of thiophene rings is 1. The van der Waals surface area contributed by atoms with Crippen LogP contribution >= 0.6 is 11.3 Å². The molecule has 1 saturated carbocycles.